The molecule has 2 aromatic rings. The molecule has 2 saturated carbocycles. The number of carbonyl (C=O) groups excluding carboxylic acids is 2. The number of allylic oxidation sites excluding steroid dienone is 2. The molecular weight excluding hydrogens is 386 g/mol. The van der Waals surface area contributed by atoms with E-state index in [2.05, 4.69) is 17.3 Å². The number of non-ortho nitro benzene ring substituents is 1. The minimum atomic E-state index is -0.461. The van der Waals surface area contributed by atoms with Gasteiger partial charge in [-0.05, 0) is 54.4 Å². The third kappa shape index (κ3) is 2.36. The SMILES string of the molecule is O=C1[C@@H]2[C@H]3C=C[C@@H]([C@@H]4C[C@@H]34)[C@H]2C(=O)N1N=Cc1ccc(-c2ccc([N+](=O)[O-])cc2)o1. The highest BCUT2D eigenvalue weighted by Crippen LogP contribution is 2.65. The normalized spacial score (nSPS) is 33.3. The fourth-order valence-corrected chi connectivity index (χ4v) is 5.49. The number of benzene rings is 1. The maximum Gasteiger partial charge on any atom is 0.269 e. The molecule has 2 bridgehead atoms. The summed E-state index contributed by atoms with van der Waals surface area (Å²) in [6.07, 6.45) is 6.75. The monoisotopic (exact) mass is 403 g/mol. The molecule has 6 atom stereocenters. The second-order valence-electron chi connectivity index (χ2n) is 8.39. The number of rotatable bonds is 4. The van der Waals surface area contributed by atoms with Crippen LogP contribution in [0.25, 0.3) is 11.3 Å². The van der Waals surface area contributed by atoms with Gasteiger partial charge in [0.1, 0.15) is 11.5 Å². The highest BCUT2D eigenvalue weighted by atomic mass is 16.6. The lowest BCUT2D eigenvalue weighted by Crippen LogP contribution is -2.40. The van der Waals surface area contributed by atoms with Crippen molar-refractivity contribution in [1.29, 1.82) is 0 Å². The molecule has 1 aromatic heterocycles. The topological polar surface area (TPSA) is 106 Å². The first-order valence-corrected chi connectivity index (χ1v) is 9.98. The van der Waals surface area contributed by atoms with Gasteiger partial charge < -0.3 is 4.42 Å². The minimum Gasteiger partial charge on any atom is -0.455 e. The van der Waals surface area contributed by atoms with E-state index in [4.69, 9.17) is 4.42 Å². The standard InChI is InChI=1S/C22H17N3O5/c26-21-19-14-6-7-15(17-9-16(14)17)20(19)22(27)24(21)23-10-13-5-8-18(30-13)11-1-3-12(4-2-11)25(28)29/h1-8,10,14-17,19-20H,9H2/t14-,15-,16-,17-,19+,20+/m0/s1. The second kappa shape index (κ2) is 5.98. The summed E-state index contributed by atoms with van der Waals surface area (Å²) in [7, 11) is 0. The molecule has 8 heteroatoms. The first-order valence-electron chi connectivity index (χ1n) is 9.98. The van der Waals surface area contributed by atoms with Gasteiger partial charge in [0.2, 0.25) is 0 Å². The van der Waals surface area contributed by atoms with E-state index in [0.717, 1.165) is 11.4 Å². The second-order valence-corrected chi connectivity index (χ2v) is 8.39. The van der Waals surface area contributed by atoms with Crippen molar-refractivity contribution < 1.29 is 18.9 Å². The van der Waals surface area contributed by atoms with Crippen LogP contribution in [0.2, 0.25) is 0 Å². The van der Waals surface area contributed by atoms with Gasteiger partial charge in [-0.25, -0.2) is 0 Å². The first-order chi connectivity index (χ1) is 14.5. The van der Waals surface area contributed by atoms with Crippen molar-refractivity contribution in [3.63, 3.8) is 0 Å². The highest BCUT2D eigenvalue weighted by Gasteiger charge is 2.67. The summed E-state index contributed by atoms with van der Waals surface area (Å²) in [4.78, 5) is 36.1. The number of hydrogen-bond donors (Lipinski definition) is 0. The molecule has 0 spiro atoms. The summed E-state index contributed by atoms with van der Waals surface area (Å²) < 4.78 is 5.72. The Morgan fingerprint density at radius 2 is 1.63 bits per heavy atom. The number of hydrazone groups is 1. The summed E-state index contributed by atoms with van der Waals surface area (Å²) in [6, 6.07) is 9.41. The summed E-state index contributed by atoms with van der Waals surface area (Å²) in [6.45, 7) is 0. The van der Waals surface area contributed by atoms with Crippen LogP contribution in [0.15, 0.2) is 58.1 Å². The van der Waals surface area contributed by atoms with Gasteiger partial charge in [-0.15, -0.1) is 0 Å². The maximum absolute atomic E-state index is 12.9. The minimum absolute atomic E-state index is 0.000658. The van der Waals surface area contributed by atoms with E-state index in [0.29, 0.717) is 28.9 Å². The molecule has 30 heavy (non-hydrogen) atoms. The van der Waals surface area contributed by atoms with Crippen molar-refractivity contribution >= 4 is 23.7 Å². The predicted molar refractivity (Wildman–Crippen MR) is 105 cm³/mol. The maximum atomic E-state index is 12.9. The van der Waals surface area contributed by atoms with Crippen molar-refractivity contribution in [2.75, 3.05) is 0 Å². The molecule has 2 heterocycles. The van der Waals surface area contributed by atoms with E-state index >= 15 is 0 Å². The summed E-state index contributed by atoms with van der Waals surface area (Å²) >= 11 is 0. The van der Waals surface area contributed by atoms with Crippen LogP contribution in [-0.2, 0) is 9.59 Å². The van der Waals surface area contributed by atoms with Crippen LogP contribution in [0.3, 0.4) is 0 Å². The van der Waals surface area contributed by atoms with Crippen LogP contribution in [0, 0.1) is 45.6 Å². The van der Waals surface area contributed by atoms with Gasteiger partial charge in [0.05, 0.1) is 23.0 Å². The van der Waals surface area contributed by atoms with Crippen molar-refractivity contribution in [3.8, 4) is 11.3 Å². The number of imide groups is 1. The molecule has 1 saturated heterocycles. The fourth-order valence-electron chi connectivity index (χ4n) is 5.49. The van der Waals surface area contributed by atoms with Crippen LogP contribution in [0.5, 0.6) is 0 Å². The zero-order valence-corrected chi connectivity index (χ0v) is 15.8. The molecule has 7 rings (SSSR count). The van der Waals surface area contributed by atoms with Crippen LogP contribution < -0.4 is 0 Å². The lowest BCUT2D eigenvalue weighted by atomic mass is 9.63. The Kier molecular flexibility index (Phi) is 3.45. The number of nitro benzene ring substituents is 1. The summed E-state index contributed by atoms with van der Waals surface area (Å²) in [5, 5.41) is 16.0. The van der Waals surface area contributed by atoms with Crippen LogP contribution in [-0.4, -0.2) is 28.0 Å². The number of hydrogen-bond acceptors (Lipinski definition) is 6. The van der Waals surface area contributed by atoms with Crippen LogP contribution in [0.1, 0.15) is 12.2 Å². The van der Waals surface area contributed by atoms with Gasteiger partial charge in [-0.2, -0.15) is 10.1 Å². The molecule has 3 fully saturated rings. The van der Waals surface area contributed by atoms with E-state index < -0.39 is 4.92 Å². The van der Waals surface area contributed by atoms with E-state index in [-0.39, 0.29) is 41.2 Å². The van der Waals surface area contributed by atoms with Crippen LogP contribution in [0.4, 0.5) is 5.69 Å². The Hall–Kier alpha value is -3.55. The first kappa shape index (κ1) is 17.3. The Labute approximate surface area is 171 Å². The van der Waals surface area contributed by atoms with Crippen molar-refractivity contribution in [1.82, 2.24) is 5.01 Å². The number of furan rings is 1. The van der Waals surface area contributed by atoms with Gasteiger partial charge in [0.15, 0.2) is 0 Å². The van der Waals surface area contributed by atoms with Crippen LogP contribution >= 0.6 is 0 Å². The number of amides is 2. The Morgan fingerprint density at radius 1 is 1.00 bits per heavy atom. The largest absolute Gasteiger partial charge is 0.455 e. The molecule has 2 amide bonds. The summed E-state index contributed by atoms with van der Waals surface area (Å²) in [5.74, 6) is 1.36. The van der Waals surface area contributed by atoms with Gasteiger partial charge in [-0.1, -0.05) is 12.2 Å². The van der Waals surface area contributed by atoms with Gasteiger partial charge in [0, 0.05) is 17.7 Å². The molecule has 4 aliphatic carbocycles. The molecule has 0 radical (unpaired) electrons. The smallest absolute Gasteiger partial charge is 0.269 e. The van der Waals surface area contributed by atoms with E-state index in [9.17, 15) is 19.7 Å². The van der Waals surface area contributed by atoms with Crippen molar-refractivity contribution in [3.05, 3.63) is 64.4 Å². The zero-order chi connectivity index (χ0) is 20.6. The molecule has 1 aromatic carbocycles. The Balaban J connectivity index is 1.22. The average Bonchev–Trinajstić information content (AvgIpc) is 3.39. The van der Waals surface area contributed by atoms with E-state index in [1.807, 2.05) is 0 Å². The molecule has 150 valence electrons. The highest BCUT2D eigenvalue weighted by molar-refractivity contribution is 6.06. The van der Waals surface area contributed by atoms with Gasteiger partial charge in [-0.3, -0.25) is 19.7 Å². The van der Waals surface area contributed by atoms with E-state index in [1.165, 1.54) is 18.3 Å². The van der Waals surface area contributed by atoms with E-state index in [1.54, 1.807) is 24.3 Å². The lowest BCUT2D eigenvalue weighted by molar-refractivity contribution is -0.384. The quantitative estimate of drug-likeness (QED) is 0.256. The Morgan fingerprint density at radius 3 is 2.23 bits per heavy atom. The fraction of sp³-hybridized carbons (Fsp3) is 0.318. The third-order valence-corrected chi connectivity index (χ3v) is 6.93. The molecule has 0 N–H and O–H groups in total. The number of nitrogens with zero attached hydrogens (tertiary/aromatic N) is 3. The number of carbonyl (C=O) groups is 2. The summed E-state index contributed by atoms with van der Waals surface area (Å²) in [5.41, 5.74) is 0.683. The number of nitro groups is 1. The zero-order valence-electron chi connectivity index (χ0n) is 15.8. The lowest BCUT2D eigenvalue weighted by Gasteiger charge is -2.37. The average molecular weight is 403 g/mol. The third-order valence-electron chi connectivity index (χ3n) is 6.93. The Bertz CT molecular complexity index is 1110. The molecular formula is C22H17N3O5. The van der Waals surface area contributed by atoms with Crippen molar-refractivity contribution in [2.24, 2.45) is 40.6 Å². The molecule has 8 nitrogen and oxygen atoms in total. The molecule has 0 unspecified atom stereocenters. The predicted octanol–water partition coefficient (Wildman–Crippen LogP) is 3.24. The van der Waals surface area contributed by atoms with Gasteiger partial charge >= 0.3 is 0 Å². The molecule has 1 aliphatic heterocycles. The van der Waals surface area contributed by atoms with Gasteiger partial charge in [0.25, 0.3) is 17.5 Å². The molecule has 5 aliphatic rings. The van der Waals surface area contributed by atoms with Crippen molar-refractivity contribution in [2.45, 2.75) is 6.42 Å².